The Hall–Kier alpha value is -1.41. The van der Waals surface area contributed by atoms with Crippen LogP contribution in [-0.2, 0) is 11.2 Å². The van der Waals surface area contributed by atoms with Crippen LogP contribution in [0.15, 0.2) is 16.6 Å². The number of nitriles is 1. The molecule has 0 saturated carbocycles. The maximum Gasteiger partial charge on any atom is 0.307 e. The van der Waals surface area contributed by atoms with Crippen molar-refractivity contribution in [3.8, 4) is 6.07 Å². The summed E-state index contributed by atoms with van der Waals surface area (Å²) in [6.07, 6.45) is -0.431. The lowest BCUT2D eigenvalue weighted by Gasteiger charge is -2.02. The summed E-state index contributed by atoms with van der Waals surface area (Å²) < 4.78 is 13.8. The molecule has 1 N–H and O–H groups in total. The van der Waals surface area contributed by atoms with Crippen LogP contribution in [0.3, 0.4) is 0 Å². The topological polar surface area (TPSA) is 61.1 Å². The molecule has 0 spiro atoms. The number of hydrogen-bond donors (Lipinski definition) is 1. The van der Waals surface area contributed by atoms with Crippen LogP contribution < -0.4 is 0 Å². The highest BCUT2D eigenvalue weighted by atomic mass is 79.9. The molecule has 0 radical (unpaired) electrons. The van der Waals surface area contributed by atoms with Gasteiger partial charge in [-0.1, -0.05) is 15.9 Å². The number of carbonyl (C=O) groups is 1. The highest BCUT2D eigenvalue weighted by molar-refractivity contribution is 9.10. The Morgan fingerprint density at radius 1 is 1.64 bits per heavy atom. The van der Waals surface area contributed by atoms with Crippen LogP contribution in [0.25, 0.3) is 0 Å². The van der Waals surface area contributed by atoms with Crippen molar-refractivity contribution in [2.75, 3.05) is 0 Å². The van der Waals surface area contributed by atoms with E-state index in [4.69, 9.17) is 10.4 Å². The molecule has 72 valence electrons. The summed E-state index contributed by atoms with van der Waals surface area (Å²) in [6, 6.07) is 4.31. The number of nitrogens with zero attached hydrogens (tertiary/aromatic N) is 1. The predicted octanol–water partition coefficient (Wildman–Crippen LogP) is 2.09. The van der Waals surface area contributed by atoms with E-state index in [0.29, 0.717) is 4.47 Å². The van der Waals surface area contributed by atoms with Crippen LogP contribution in [0.4, 0.5) is 4.39 Å². The zero-order valence-electron chi connectivity index (χ0n) is 6.92. The molecule has 1 rings (SSSR count). The van der Waals surface area contributed by atoms with Gasteiger partial charge < -0.3 is 5.11 Å². The van der Waals surface area contributed by atoms with Gasteiger partial charge in [-0.3, -0.25) is 4.79 Å². The number of carboxylic acids is 1. The molecule has 1 aromatic rings. The Bertz CT molecular complexity index is 426. The monoisotopic (exact) mass is 257 g/mol. The second-order valence-electron chi connectivity index (χ2n) is 2.61. The van der Waals surface area contributed by atoms with Crippen LogP contribution >= 0.6 is 15.9 Å². The second kappa shape index (κ2) is 4.20. The average Bonchev–Trinajstić information content (AvgIpc) is 2.09. The number of carboxylic acid groups (broad SMARTS) is 1. The third-order valence-electron chi connectivity index (χ3n) is 1.57. The van der Waals surface area contributed by atoms with Gasteiger partial charge in [0.15, 0.2) is 0 Å². The van der Waals surface area contributed by atoms with Gasteiger partial charge in [-0.15, -0.1) is 0 Å². The standard InChI is InChI=1S/C9H5BrFNO2/c10-7-1-5(3-8(13)14)9(11)6(2-7)4-12/h1-2H,3H2,(H,13,14). The number of benzene rings is 1. The van der Waals surface area contributed by atoms with E-state index in [1.807, 2.05) is 0 Å². The van der Waals surface area contributed by atoms with Gasteiger partial charge in [0.25, 0.3) is 0 Å². The Morgan fingerprint density at radius 3 is 2.79 bits per heavy atom. The van der Waals surface area contributed by atoms with Crippen molar-refractivity contribution >= 4 is 21.9 Å². The largest absolute Gasteiger partial charge is 0.481 e. The molecule has 0 bridgehead atoms. The van der Waals surface area contributed by atoms with Crippen molar-refractivity contribution in [3.63, 3.8) is 0 Å². The van der Waals surface area contributed by atoms with E-state index in [0.717, 1.165) is 0 Å². The summed E-state index contributed by atoms with van der Waals surface area (Å²) in [5.41, 5.74) is -0.154. The van der Waals surface area contributed by atoms with Crippen molar-refractivity contribution < 1.29 is 14.3 Å². The van der Waals surface area contributed by atoms with Crippen molar-refractivity contribution in [2.24, 2.45) is 0 Å². The van der Waals surface area contributed by atoms with Crippen molar-refractivity contribution in [1.82, 2.24) is 0 Å². The zero-order valence-corrected chi connectivity index (χ0v) is 8.51. The van der Waals surface area contributed by atoms with Gasteiger partial charge in [0.2, 0.25) is 0 Å². The number of halogens is 2. The minimum Gasteiger partial charge on any atom is -0.481 e. The molecule has 0 aliphatic heterocycles. The van der Waals surface area contributed by atoms with Crippen LogP contribution in [0, 0.1) is 17.1 Å². The number of rotatable bonds is 2. The van der Waals surface area contributed by atoms with Gasteiger partial charge in [-0.05, 0) is 12.1 Å². The molecule has 0 aliphatic rings. The van der Waals surface area contributed by atoms with Crippen molar-refractivity contribution in [3.05, 3.63) is 33.5 Å². The first kappa shape index (κ1) is 10.7. The fourth-order valence-electron chi connectivity index (χ4n) is 1.02. The maximum absolute atomic E-state index is 13.3. The Morgan fingerprint density at radius 2 is 2.29 bits per heavy atom. The van der Waals surface area contributed by atoms with Crippen LogP contribution in [0.5, 0.6) is 0 Å². The fraction of sp³-hybridized carbons (Fsp3) is 0.111. The van der Waals surface area contributed by atoms with E-state index in [-0.39, 0.29) is 11.1 Å². The molecule has 0 unspecified atom stereocenters. The van der Waals surface area contributed by atoms with E-state index in [9.17, 15) is 9.18 Å². The van der Waals surface area contributed by atoms with Gasteiger partial charge in [0.1, 0.15) is 11.9 Å². The lowest BCUT2D eigenvalue weighted by atomic mass is 10.1. The molecule has 0 amide bonds. The number of aliphatic carboxylic acids is 1. The van der Waals surface area contributed by atoms with E-state index in [1.165, 1.54) is 12.1 Å². The summed E-state index contributed by atoms with van der Waals surface area (Å²) in [5.74, 6) is -1.90. The summed E-state index contributed by atoms with van der Waals surface area (Å²) in [4.78, 5) is 10.4. The first-order valence-electron chi connectivity index (χ1n) is 3.64. The van der Waals surface area contributed by atoms with Crippen LogP contribution in [-0.4, -0.2) is 11.1 Å². The summed E-state index contributed by atoms with van der Waals surface area (Å²) in [6.45, 7) is 0. The highest BCUT2D eigenvalue weighted by Gasteiger charge is 2.12. The molecule has 0 heterocycles. The predicted molar refractivity (Wildman–Crippen MR) is 50.2 cm³/mol. The second-order valence-corrected chi connectivity index (χ2v) is 3.52. The SMILES string of the molecule is N#Cc1cc(Br)cc(CC(=O)O)c1F. The lowest BCUT2D eigenvalue weighted by molar-refractivity contribution is -0.136. The third-order valence-corrected chi connectivity index (χ3v) is 2.03. The Balaban J connectivity index is 3.23. The smallest absolute Gasteiger partial charge is 0.307 e. The van der Waals surface area contributed by atoms with E-state index in [1.54, 1.807) is 6.07 Å². The third kappa shape index (κ3) is 2.30. The van der Waals surface area contributed by atoms with Gasteiger partial charge in [-0.25, -0.2) is 4.39 Å². The van der Waals surface area contributed by atoms with Crippen molar-refractivity contribution in [2.45, 2.75) is 6.42 Å². The van der Waals surface area contributed by atoms with E-state index in [2.05, 4.69) is 15.9 Å². The fourth-order valence-corrected chi connectivity index (χ4v) is 1.52. The van der Waals surface area contributed by atoms with Gasteiger partial charge >= 0.3 is 5.97 Å². The minimum atomic E-state index is -1.13. The highest BCUT2D eigenvalue weighted by Crippen LogP contribution is 2.20. The molecule has 0 aromatic heterocycles. The van der Waals surface area contributed by atoms with Crippen molar-refractivity contribution in [1.29, 1.82) is 5.26 Å². The Labute approximate surface area is 87.9 Å². The van der Waals surface area contributed by atoms with Crippen LogP contribution in [0.2, 0.25) is 0 Å². The zero-order chi connectivity index (χ0) is 10.7. The van der Waals surface area contributed by atoms with E-state index >= 15 is 0 Å². The molecule has 14 heavy (non-hydrogen) atoms. The first-order valence-corrected chi connectivity index (χ1v) is 4.43. The van der Waals surface area contributed by atoms with Gasteiger partial charge in [0, 0.05) is 10.0 Å². The molecular formula is C9H5BrFNO2. The van der Waals surface area contributed by atoms with Gasteiger partial charge in [-0.2, -0.15) is 5.26 Å². The molecule has 1 aromatic carbocycles. The summed E-state index contributed by atoms with van der Waals surface area (Å²) in [7, 11) is 0. The first-order chi connectivity index (χ1) is 6.54. The number of hydrogen-bond acceptors (Lipinski definition) is 2. The molecule has 0 aliphatic carbocycles. The molecule has 0 fully saturated rings. The van der Waals surface area contributed by atoms with Gasteiger partial charge in [0.05, 0.1) is 12.0 Å². The minimum absolute atomic E-state index is 0.00317. The quantitative estimate of drug-likeness (QED) is 0.883. The average molecular weight is 258 g/mol. The molecular weight excluding hydrogens is 253 g/mol. The molecule has 0 atom stereocenters. The Kier molecular flexibility index (Phi) is 3.20. The molecule has 0 saturated heterocycles. The maximum atomic E-state index is 13.3. The summed E-state index contributed by atoms with van der Waals surface area (Å²) >= 11 is 3.07. The molecule has 3 nitrogen and oxygen atoms in total. The summed E-state index contributed by atoms with van der Waals surface area (Å²) in [5, 5.41) is 17.0. The lowest BCUT2D eigenvalue weighted by Crippen LogP contribution is -2.03. The molecule has 5 heteroatoms. The van der Waals surface area contributed by atoms with Crippen LogP contribution in [0.1, 0.15) is 11.1 Å². The van der Waals surface area contributed by atoms with E-state index < -0.39 is 18.2 Å². The normalized spacial score (nSPS) is 9.50.